The average Bonchev–Trinajstić information content (AvgIpc) is 3.33. The summed E-state index contributed by atoms with van der Waals surface area (Å²) in [6.45, 7) is 2.19. The number of Topliss-reactive ketones (excluding diaryl/α,β-unsaturated/α-hetero) is 1. The minimum absolute atomic E-state index is 0.00351. The Morgan fingerprint density at radius 2 is 1.91 bits per heavy atom. The number of nitrogen functional groups attached to an aromatic ring is 1. The molecular weight excluding hydrogens is 453 g/mol. The fourth-order valence-corrected chi connectivity index (χ4v) is 5.18. The molecular formula is C26H28FN3O5. The highest BCUT2D eigenvalue weighted by molar-refractivity contribution is 6.04. The molecule has 1 aromatic heterocycles. The van der Waals surface area contributed by atoms with E-state index in [1.165, 1.54) is 6.92 Å². The minimum atomic E-state index is -0.774. The second-order valence-corrected chi connectivity index (χ2v) is 9.12. The van der Waals surface area contributed by atoms with E-state index in [0.717, 1.165) is 31.4 Å². The maximum Gasteiger partial charge on any atom is 0.202 e. The predicted octanol–water partition coefficient (Wildman–Crippen LogP) is 4.09. The number of hydrogen-bond donors (Lipinski definition) is 2. The number of carbonyl (C=O) groups excluding carboxylic acids is 1. The van der Waals surface area contributed by atoms with Gasteiger partial charge in [0, 0.05) is 12.7 Å². The Morgan fingerprint density at radius 1 is 1.23 bits per heavy atom. The number of carbonyl (C=O) groups is 1. The Bertz CT molecular complexity index is 1360. The van der Waals surface area contributed by atoms with E-state index in [-0.39, 0.29) is 52.5 Å². The lowest BCUT2D eigenvalue weighted by atomic mass is 9.93. The second-order valence-electron chi connectivity index (χ2n) is 9.12. The van der Waals surface area contributed by atoms with E-state index in [1.54, 1.807) is 37.6 Å². The monoisotopic (exact) mass is 481 g/mol. The van der Waals surface area contributed by atoms with Crippen molar-refractivity contribution in [1.82, 2.24) is 4.57 Å². The Labute approximate surface area is 201 Å². The van der Waals surface area contributed by atoms with Crippen LogP contribution in [-0.2, 0) is 5.54 Å². The van der Waals surface area contributed by atoms with Crippen LogP contribution in [0.2, 0.25) is 0 Å². The average molecular weight is 482 g/mol. The standard InChI is InChI=1S/C26H28FN3O5/c1-15(31)18-13-30-23-19(24(18)32)21(28)20(27)22(25(23)35-14-26(30)9-3-4-10-26)29-11-12-34-17-7-5-16(33-2)6-8-17/h5-8,13,29H,3-4,9-12,14,28H2,1-2H3. The van der Waals surface area contributed by atoms with Crippen LogP contribution < -0.4 is 30.7 Å². The van der Waals surface area contributed by atoms with Gasteiger partial charge in [-0.1, -0.05) is 12.8 Å². The first-order valence-electron chi connectivity index (χ1n) is 11.7. The van der Waals surface area contributed by atoms with Crippen molar-refractivity contribution >= 4 is 28.1 Å². The zero-order valence-corrected chi connectivity index (χ0v) is 19.8. The second kappa shape index (κ2) is 8.79. The third-order valence-electron chi connectivity index (χ3n) is 7.02. The number of benzene rings is 2. The van der Waals surface area contributed by atoms with Gasteiger partial charge in [0.25, 0.3) is 0 Å². The molecule has 9 heteroatoms. The molecule has 1 spiro atoms. The molecule has 3 N–H and O–H groups in total. The van der Waals surface area contributed by atoms with E-state index in [0.29, 0.717) is 17.9 Å². The maximum atomic E-state index is 15.5. The van der Waals surface area contributed by atoms with Crippen molar-refractivity contribution in [2.24, 2.45) is 0 Å². The summed E-state index contributed by atoms with van der Waals surface area (Å²) < 4.78 is 34.4. The Balaban J connectivity index is 1.53. The first-order chi connectivity index (χ1) is 16.9. The summed E-state index contributed by atoms with van der Waals surface area (Å²) in [6.07, 6.45) is 5.31. The number of halogens is 1. The van der Waals surface area contributed by atoms with E-state index in [9.17, 15) is 9.59 Å². The number of ether oxygens (including phenoxy) is 3. The molecule has 0 radical (unpaired) electrons. The highest BCUT2D eigenvalue weighted by atomic mass is 19.1. The van der Waals surface area contributed by atoms with Gasteiger partial charge in [0.2, 0.25) is 5.43 Å². The largest absolute Gasteiger partial charge is 0.497 e. The lowest BCUT2D eigenvalue weighted by molar-refractivity contribution is 0.101. The van der Waals surface area contributed by atoms with E-state index in [4.69, 9.17) is 19.9 Å². The molecule has 35 heavy (non-hydrogen) atoms. The number of anilines is 2. The van der Waals surface area contributed by atoms with Gasteiger partial charge in [-0.05, 0) is 44.0 Å². The number of fused-ring (bicyclic) bond motifs is 1. The quantitative estimate of drug-likeness (QED) is 0.298. The molecule has 2 heterocycles. The van der Waals surface area contributed by atoms with E-state index < -0.39 is 11.2 Å². The summed E-state index contributed by atoms with van der Waals surface area (Å²) in [5.74, 6) is 0.459. The SMILES string of the molecule is COc1ccc(OCCNc2c(F)c(N)c3c(=O)c(C(C)=O)cn4c3c2OCC42CCCC2)cc1. The van der Waals surface area contributed by atoms with Crippen LogP contribution in [0.25, 0.3) is 10.9 Å². The van der Waals surface area contributed by atoms with Crippen molar-refractivity contribution in [2.45, 2.75) is 38.1 Å². The van der Waals surface area contributed by atoms with Crippen molar-refractivity contribution in [3.8, 4) is 17.2 Å². The number of rotatable bonds is 7. The normalized spacial score (nSPS) is 15.7. The van der Waals surface area contributed by atoms with Gasteiger partial charge in [-0.2, -0.15) is 0 Å². The predicted molar refractivity (Wildman–Crippen MR) is 131 cm³/mol. The number of pyridine rings is 1. The number of ketones is 1. The first kappa shape index (κ1) is 23.0. The molecule has 0 unspecified atom stereocenters. The summed E-state index contributed by atoms with van der Waals surface area (Å²) >= 11 is 0. The van der Waals surface area contributed by atoms with Crippen LogP contribution in [0.5, 0.6) is 17.2 Å². The van der Waals surface area contributed by atoms with Gasteiger partial charge in [-0.15, -0.1) is 0 Å². The number of aromatic nitrogens is 1. The highest BCUT2D eigenvalue weighted by Gasteiger charge is 2.42. The van der Waals surface area contributed by atoms with E-state index in [1.807, 2.05) is 4.57 Å². The topological polar surface area (TPSA) is 105 Å². The lowest BCUT2D eigenvalue weighted by Crippen LogP contribution is -2.42. The first-order valence-corrected chi connectivity index (χ1v) is 11.7. The van der Waals surface area contributed by atoms with Crippen molar-refractivity contribution in [3.05, 3.63) is 52.1 Å². The van der Waals surface area contributed by atoms with Gasteiger partial charge in [-0.3, -0.25) is 9.59 Å². The molecule has 1 saturated carbocycles. The fourth-order valence-electron chi connectivity index (χ4n) is 5.18. The van der Waals surface area contributed by atoms with Crippen molar-refractivity contribution in [2.75, 3.05) is 37.9 Å². The molecule has 2 aromatic carbocycles. The molecule has 1 fully saturated rings. The molecule has 2 aliphatic rings. The Kier molecular flexibility index (Phi) is 5.78. The molecule has 5 rings (SSSR count). The number of hydrogen-bond acceptors (Lipinski definition) is 7. The summed E-state index contributed by atoms with van der Waals surface area (Å²) in [6, 6.07) is 7.15. The Morgan fingerprint density at radius 3 is 2.57 bits per heavy atom. The smallest absolute Gasteiger partial charge is 0.202 e. The number of nitrogens with one attached hydrogen (secondary N) is 1. The summed E-state index contributed by atoms with van der Waals surface area (Å²) in [4.78, 5) is 25.4. The maximum absolute atomic E-state index is 15.5. The lowest BCUT2D eigenvalue weighted by Gasteiger charge is -2.39. The molecule has 0 amide bonds. The molecule has 0 bridgehead atoms. The van der Waals surface area contributed by atoms with E-state index >= 15 is 4.39 Å². The zero-order valence-electron chi connectivity index (χ0n) is 19.8. The Hall–Kier alpha value is -3.75. The third-order valence-corrected chi connectivity index (χ3v) is 7.02. The zero-order chi connectivity index (χ0) is 24.7. The molecule has 3 aromatic rings. The van der Waals surface area contributed by atoms with Crippen molar-refractivity contribution < 1.29 is 23.4 Å². The fraction of sp³-hybridized carbons (Fsp3) is 0.385. The summed E-state index contributed by atoms with van der Waals surface area (Å²) in [5, 5.41) is 3.04. The number of nitrogens with two attached hydrogens (primary N) is 1. The number of methoxy groups -OCH3 is 1. The van der Waals surface area contributed by atoms with Crippen LogP contribution in [-0.4, -0.2) is 37.2 Å². The van der Waals surface area contributed by atoms with Crippen LogP contribution in [0.4, 0.5) is 15.8 Å². The third kappa shape index (κ3) is 3.75. The van der Waals surface area contributed by atoms with Crippen LogP contribution >= 0.6 is 0 Å². The van der Waals surface area contributed by atoms with Crippen LogP contribution in [0.3, 0.4) is 0 Å². The van der Waals surface area contributed by atoms with E-state index in [2.05, 4.69) is 5.32 Å². The summed E-state index contributed by atoms with van der Waals surface area (Å²) in [5.41, 5.74) is 5.46. The molecule has 8 nitrogen and oxygen atoms in total. The van der Waals surface area contributed by atoms with Crippen molar-refractivity contribution in [3.63, 3.8) is 0 Å². The van der Waals surface area contributed by atoms with Crippen molar-refractivity contribution in [1.29, 1.82) is 0 Å². The van der Waals surface area contributed by atoms with Gasteiger partial charge in [0.15, 0.2) is 17.3 Å². The molecule has 0 atom stereocenters. The summed E-state index contributed by atoms with van der Waals surface area (Å²) in [7, 11) is 1.59. The molecule has 184 valence electrons. The number of nitrogens with zero attached hydrogens (tertiary/aromatic N) is 1. The van der Waals surface area contributed by atoms with Gasteiger partial charge in [0.1, 0.15) is 30.4 Å². The van der Waals surface area contributed by atoms with Crippen LogP contribution in [0.15, 0.2) is 35.3 Å². The minimum Gasteiger partial charge on any atom is -0.497 e. The van der Waals surface area contributed by atoms with Crippen LogP contribution in [0.1, 0.15) is 43.0 Å². The molecule has 0 saturated heterocycles. The van der Waals surface area contributed by atoms with Gasteiger partial charge < -0.3 is 29.8 Å². The van der Waals surface area contributed by atoms with Gasteiger partial charge in [0.05, 0.1) is 34.8 Å². The molecule has 1 aliphatic heterocycles. The van der Waals surface area contributed by atoms with Gasteiger partial charge in [-0.25, -0.2) is 4.39 Å². The van der Waals surface area contributed by atoms with Crippen LogP contribution in [0, 0.1) is 5.82 Å². The van der Waals surface area contributed by atoms with Gasteiger partial charge >= 0.3 is 0 Å². The molecule has 1 aliphatic carbocycles. The highest BCUT2D eigenvalue weighted by Crippen LogP contribution is 2.48.